The normalized spacial score (nSPS) is 14.1. The lowest BCUT2D eigenvalue weighted by atomic mass is 9.80. The Hall–Kier alpha value is -2.86. The first kappa shape index (κ1) is 18.9. The number of rotatable bonds is 4. The van der Waals surface area contributed by atoms with E-state index in [1.807, 2.05) is 13.8 Å². The predicted molar refractivity (Wildman–Crippen MR) is 98.9 cm³/mol. The lowest BCUT2D eigenvalue weighted by Crippen LogP contribution is -2.23. The van der Waals surface area contributed by atoms with E-state index in [1.165, 1.54) is 25.3 Å². The zero-order valence-corrected chi connectivity index (χ0v) is 15.7. The first-order valence-corrected chi connectivity index (χ1v) is 8.71. The summed E-state index contributed by atoms with van der Waals surface area (Å²) in [7, 11) is 1.39. The van der Waals surface area contributed by atoms with E-state index in [-0.39, 0.29) is 51.7 Å². The van der Waals surface area contributed by atoms with E-state index in [0.29, 0.717) is 5.56 Å². The topological polar surface area (TPSA) is 104 Å². The standard InChI is InChI=1S/C21H22O6/c1-9(2)14(22)7-11-16(27-4)8-13-18(20(11)25)21(26)17-12(19(13)24)5-10(3)6-15(17)23/h5-6,8-9,14,22-23,25H,7H2,1-4H3. The summed E-state index contributed by atoms with van der Waals surface area (Å²) < 4.78 is 5.31. The SMILES string of the molecule is COc1cc2c(c(O)c1CC(O)C(C)C)C(=O)c1c(O)cc(C)cc1C2=O. The Labute approximate surface area is 157 Å². The monoisotopic (exact) mass is 370 g/mol. The van der Waals surface area contributed by atoms with Gasteiger partial charge < -0.3 is 20.1 Å². The molecule has 1 aliphatic rings. The molecule has 1 aliphatic carbocycles. The van der Waals surface area contributed by atoms with Crippen LogP contribution >= 0.6 is 0 Å². The summed E-state index contributed by atoms with van der Waals surface area (Å²) in [5, 5.41) is 31.2. The Kier molecular flexibility index (Phi) is 4.70. The number of aryl methyl sites for hydroxylation is 1. The van der Waals surface area contributed by atoms with Crippen LogP contribution in [0.3, 0.4) is 0 Å². The van der Waals surface area contributed by atoms with E-state index in [4.69, 9.17) is 4.74 Å². The van der Waals surface area contributed by atoms with Crippen LogP contribution in [0.25, 0.3) is 0 Å². The van der Waals surface area contributed by atoms with E-state index < -0.39 is 23.4 Å². The molecule has 27 heavy (non-hydrogen) atoms. The van der Waals surface area contributed by atoms with Gasteiger partial charge in [-0.2, -0.15) is 0 Å². The van der Waals surface area contributed by atoms with Crippen LogP contribution in [0.5, 0.6) is 17.2 Å². The zero-order chi connectivity index (χ0) is 20.0. The average Bonchev–Trinajstić information content (AvgIpc) is 2.60. The van der Waals surface area contributed by atoms with Gasteiger partial charge in [0.15, 0.2) is 5.78 Å². The molecule has 0 saturated heterocycles. The van der Waals surface area contributed by atoms with E-state index in [0.717, 1.165) is 0 Å². The molecule has 1 unspecified atom stereocenters. The van der Waals surface area contributed by atoms with Crippen LogP contribution < -0.4 is 4.74 Å². The molecule has 142 valence electrons. The third kappa shape index (κ3) is 2.96. The first-order valence-electron chi connectivity index (χ1n) is 8.71. The van der Waals surface area contributed by atoms with Crippen molar-refractivity contribution in [2.75, 3.05) is 7.11 Å². The molecule has 0 aliphatic heterocycles. The molecule has 2 aromatic rings. The maximum atomic E-state index is 13.0. The van der Waals surface area contributed by atoms with Crippen molar-refractivity contribution in [3.8, 4) is 17.2 Å². The lowest BCUT2D eigenvalue weighted by Gasteiger charge is -2.24. The van der Waals surface area contributed by atoms with Crippen molar-refractivity contribution in [3.05, 3.63) is 51.6 Å². The summed E-state index contributed by atoms with van der Waals surface area (Å²) in [5.41, 5.74) is 0.737. The molecule has 3 rings (SSSR count). The van der Waals surface area contributed by atoms with Crippen LogP contribution in [0.1, 0.15) is 56.8 Å². The number of ketones is 2. The molecule has 0 bridgehead atoms. The summed E-state index contributed by atoms with van der Waals surface area (Å²) in [5.74, 6) is -1.63. The highest BCUT2D eigenvalue weighted by Gasteiger charge is 2.37. The summed E-state index contributed by atoms with van der Waals surface area (Å²) in [4.78, 5) is 25.9. The number of phenolic OH excluding ortho intramolecular Hbond substituents is 2. The fourth-order valence-corrected chi connectivity index (χ4v) is 3.37. The molecule has 3 N–H and O–H groups in total. The number of carbonyl (C=O) groups is 2. The number of aliphatic hydroxyl groups is 1. The van der Waals surface area contributed by atoms with Crippen molar-refractivity contribution in [1.29, 1.82) is 0 Å². The molecule has 0 fully saturated rings. The van der Waals surface area contributed by atoms with Gasteiger partial charge in [-0.25, -0.2) is 0 Å². The summed E-state index contributed by atoms with van der Waals surface area (Å²) in [6, 6.07) is 4.36. The van der Waals surface area contributed by atoms with Crippen molar-refractivity contribution in [2.24, 2.45) is 5.92 Å². The largest absolute Gasteiger partial charge is 0.507 e. The Bertz CT molecular complexity index is 958. The van der Waals surface area contributed by atoms with Crippen LogP contribution in [-0.2, 0) is 6.42 Å². The van der Waals surface area contributed by atoms with Crippen molar-refractivity contribution in [1.82, 2.24) is 0 Å². The minimum atomic E-state index is -0.763. The molecule has 0 heterocycles. The Morgan fingerprint density at radius 2 is 1.63 bits per heavy atom. The number of benzene rings is 2. The lowest BCUT2D eigenvalue weighted by molar-refractivity contribution is 0.0972. The number of phenols is 2. The summed E-state index contributed by atoms with van der Waals surface area (Å²) in [6.07, 6.45) is -0.700. The van der Waals surface area contributed by atoms with Crippen LogP contribution in [-0.4, -0.2) is 40.1 Å². The number of hydrogen-bond acceptors (Lipinski definition) is 6. The average molecular weight is 370 g/mol. The molecule has 1 atom stereocenters. The van der Waals surface area contributed by atoms with Gasteiger partial charge in [0.2, 0.25) is 5.78 Å². The molecule has 0 aromatic heterocycles. The maximum Gasteiger partial charge on any atom is 0.201 e. The van der Waals surface area contributed by atoms with Crippen LogP contribution in [0.4, 0.5) is 0 Å². The van der Waals surface area contributed by atoms with Crippen molar-refractivity contribution in [2.45, 2.75) is 33.3 Å². The Morgan fingerprint density at radius 3 is 2.22 bits per heavy atom. The molecule has 0 spiro atoms. The molecular weight excluding hydrogens is 348 g/mol. The summed E-state index contributed by atoms with van der Waals surface area (Å²) >= 11 is 0. The molecule has 0 amide bonds. The van der Waals surface area contributed by atoms with E-state index in [2.05, 4.69) is 0 Å². The number of ether oxygens (including phenoxy) is 1. The maximum absolute atomic E-state index is 13.0. The molecule has 0 radical (unpaired) electrons. The number of aliphatic hydroxyl groups excluding tert-OH is 1. The molecule has 6 nitrogen and oxygen atoms in total. The molecule has 6 heteroatoms. The van der Waals surface area contributed by atoms with Gasteiger partial charge in [0.1, 0.15) is 17.2 Å². The van der Waals surface area contributed by atoms with Crippen molar-refractivity contribution in [3.63, 3.8) is 0 Å². The fourth-order valence-electron chi connectivity index (χ4n) is 3.37. The Morgan fingerprint density at radius 1 is 1.00 bits per heavy atom. The summed E-state index contributed by atoms with van der Waals surface area (Å²) in [6.45, 7) is 5.37. The van der Waals surface area contributed by atoms with Gasteiger partial charge in [-0.3, -0.25) is 9.59 Å². The smallest absolute Gasteiger partial charge is 0.201 e. The Balaban J connectivity index is 2.25. The highest BCUT2D eigenvalue weighted by atomic mass is 16.5. The second kappa shape index (κ2) is 6.70. The number of hydrogen-bond donors (Lipinski definition) is 3. The van der Waals surface area contributed by atoms with Gasteiger partial charge in [0.05, 0.1) is 24.3 Å². The second-order valence-corrected chi connectivity index (χ2v) is 7.21. The number of fused-ring (bicyclic) bond motifs is 2. The van der Waals surface area contributed by atoms with E-state index in [1.54, 1.807) is 6.92 Å². The second-order valence-electron chi connectivity index (χ2n) is 7.21. The van der Waals surface area contributed by atoms with E-state index >= 15 is 0 Å². The van der Waals surface area contributed by atoms with Gasteiger partial charge in [-0.1, -0.05) is 13.8 Å². The zero-order valence-electron chi connectivity index (χ0n) is 15.7. The fraction of sp³-hybridized carbons (Fsp3) is 0.333. The number of methoxy groups -OCH3 is 1. The van der Waals surface area contributed by atoms with Gasteiger partial charge in [-0.05, 0) is 36.6 Å². The first-order chi connectivity index (χ1) is 12.7. The third-order valence-electron chi connectivity index (χ3n) is 4.97. The van der Waals surface area contributed by atoms with Crippen molar-refractivity contribution >= 4 is 11.6 Å². The minimum Gasteiger partial charge on any atom is -0.507 e. The minimum absolute atomic E-state index is 0.0228. The van der Waals surface area contributed by atoms with Crippen LogP contribution in [0.2, 0.25) is 0 Å². The number of carbonyl (C=O) groups excluding carboxylic acids is 2. The molecule has 0 saturated carbocycles. The predicted octanol–water partition coefficient (Wildman–Crippen LogP) is 2.75. The quantitative estimate of drug-likeness (QED) is 0.652. The molecule has 2 aromatic carbocycles. The van der Waals surface area contributed by atoms with Gasteiger partial charge in [0, 0.05) is 23.1 Å². The highest BCUT2D eigenvalue weighted by Crippen LogP contribution is 2.42. The highest BCUT2D eigenvalue weighted by molar-refractivity contribution is 6.30. The number of aromatic hydroxyl groups is 2. The van der Waals surface area contributed by atoms with Gasteiger partial charge in [-0.15, -0.1) is 0 Å². The van der Waals surface area contributed by atoms with Crippen LogP contribution in [0, 0.1) is 12.8 Å². The van der Waals surface area contributed by atoms with Crippen LogP contribution in [0.15, 0.2) is 18.2 Å². The van der Waals surface area contributed by atoms with E-state index in [9.17, 15) is 24.9 Å². The van der Waals surface area contributed by atoms with Gasteiger partial charge >= 0.3 is 0 Å². The third-order valence-corrected chi connectivity index (χ3v) is 4.97. The molecular formula is C21H22O6. The van der Waals surface area contributed by atoms with Crippen molar-refractivity contribution < 1.29 is 29.6 Å². The van der Waals surface area contributed by atoms with Gasteiger partial charge in [0.25, 0.3) is 0 Å².